The fourth-order valence-electron chi connectivity index (χ4n) is 1.17. The second kappa shape index (κ2) is 5.91. The monoisotopic (exact) mass is 184 g/mol. The standard InChI is InChI=1S/C10H16O3/c1-3-7-11-9-5-6-10(13-9)12-8-4-2/h3-4,9-10H,1-2,5-8H2. The van der Waals surface area contributed by atoms with E-state index in [1.54, 1.807) is 12.2 Å². The topological polar surface area (TPSA) is 27.7 Å². The highest BCUT2D eigenvalue weighted by molar-refractivity contribution is 4.69. The van der Waals surface area contributed by atoms with E-state index in [2.05, 4.69) is 13.2 Å². The van der Waals surface area contributed by atoms with Gasteiger partial charge in [0.2, 0.25) is 0 Å². The molecule has 0 N–H and O–H groups in total. The molecule has 0 amide bonds. The molecule has 3 nitrogen and oxygen atoms in total. The molecule has 0 aromatic carbocycles. The van der Waals surface area contributed by atoms with Gasteiger partial charge in [0.1, 0.15) is 0 Å². The van der Waals surface area contributed by atoms with Crippen LogP contribution in [-0.2, 0) is 14.2 Å². The van der Waals surface area contributed by atoms with E-state index in [4.69, 9.17) is 14.2 Å². The van der Waals surface area contributed by atoms with Crippen LogP contribution in [0.5, 0.6) is 0 Å². The number of hydrogen-bond donors (Lipinski definition) is 0. The van der Waals surface area contributed by atoms with Crippen molar-refractivity contribution in [3.05, 3.63) is 25.3 Å². The molecule has 3 heteroatoms. The maximum atomic E-state index is 5.43. The maximum absolute atomic E-state index is 5.43. The minimum absolute atomic E-state index is 0.132. The van der Waals surface area contributed by atoms with Crippen LogP contribution in [0.25, 0.3) is 0 Å². The highest BCUT2D eigenvalue weighted by Gasteiger charge is 2.25. The van der Waals surface area contributed by atoms with Crippen LogP contribution in [0, 0.1) is 0 Å². The van der Waals surface area contributed by atoms with E-state index >= 15 is 0 Å². The van der Waals surface area contributed by atoms with Gasteiger partial charge in [-0.05, 0) is 0 Å². The maximum Gasteiger partial charge on any atom is 0.161 e. The van der Waals surface area contributed by atoms with Crippen LogP contribution in [-0.4, -0.2) is 25.8 Å². The van der Waals surface area contributed by atoms with Crippen molar-refractivity contribution >= 4 is 0 Å². The van der Waals surface area contributed by atoms with E-state index in [9.17, 15) is 0 Å². The molecule has 0 aromatic rings. The summed E-state index contributed by atoms with van der Waals surface area (Å²) in [5, 5.41) is 0. The van der Waals surface area contributed by atoms with Crippen molar-refractivity contribution in [2.24, 2.45) is 0 Å². The Bertz CT molecular complexity index is 150. The molecule has 13 heavy (non-hydrogen) atoms. The van der Waals surface area contributed by atoms with Crippen LogP contribution in [0.3, 0.4) is 0 Å². The minimum atomic E-state index is -0.132. The highest BCUT2D eigenvalue weighted by Crippen LogP contribution is 2.21. The normalized spacial score (nSPS) is 27.4. The van der Waals surface area contributed by atoms with Crippen molar-refractivity contribution in [3.8, 4) is 0 Å². The Balaban J connectivity index is 2.12. The van der Waals surface area contributed by atoms with E-state index in [-0.39, 0.29) is 12.6 Å². The predicted octanol–water partition coefficient (Wildman–Crippen LogP) is 1.85. The molecule has 2 unspecified atom stereocenters. The van der Waals surface area contributed by atoms with Crippen LogP contribution in [0.2, 0.25) is 0 Å². The van der Waals surface area contributed by atoms with Gasteiger partial charge in [0.05, 0.1) is 13.2 Å². The molecule has 0 saturated carbocycles. The van der Waals surface area contributed by atoms with E-state index in [1.807, 2.05) is 0 Å². The Labute approximate surface area is 79.0 Å². The Morgan fingerprint density at radius 3 is 1.92 bits per heavy atom. The molecule has 0 spiro atoms. The van der Waals surface area contributed by atoms with Gasteiger partial charge in [-0.3, -0.25) is 0 Å². The third kappa shape index (κ3) is 3.72. The second-order valence-electron chi connectivity index (χ2n) is 2.82. The lowest BCUT2D eigenvalue weighted by Crippen LogP contribution is -2.16. The molecule has 1 fully saturated rings. The lowest BCUT2D eigenvalue weighted by Gasteiger charge is -2.12. The lowest BCUT2D eigenvalue weighted by molar-refractivity contribution is -0.197. The first-order valence-corrected chi connectivity index (χ1v) is 4.47. The van der Waals surface area contributed by atoms with Crippen molar-refractivity contribution in [3.63, 3.8) is 0 Å². The van der Waals surface area contributed by atoms with Gasteiger partial charge in [0.15, 0.2) is 12.6 Å². The van der Waals surface area contributed by atoms with Crippen molar-refractivity contribution in [2.45, 2.75) is 25.4 Å². The molecular weight excluding hydrogens is 168 g/mol. The first kappa shape index (κ1) is 10.4. The van der Waals surface area contributed by atoms with Gasteiger partial charge in [0.25, 0.3) is 0 Å². The molecule has 1 saturated heterocycles. The Hall–Kier alpha value is -0.640. The van der Waals surface area contributed by atoms with Gasteiger partial charge in [-0.15, -0.1) is 13.2 Å². The quantitative estimate of drug-likeness (QED) is 0.590. The van der Waals surface area contributed by atoms with Crippen LogP contribution < -0.4 is 0 Å². The molecule has 0 aromatic heterocycles. The Morgan fingerprint density at radius 1 is 1.08 bits per heavy atom. The second-order valence-corrected chi connectivity index (χ2v) is 2.82. The molecule has 1 aliphatic rings. The van der Waals surface area contributed by atoms with Gasteiger partial charge in [-0.25, -0.2) is 0 Å². The molecule has 0 bridgehead atoms. The van der Waals surface area contributed by atoms with Gasteiger partial charge >= 0.3 is 0 Å². The average molecular weight is 184 g/mol. The summed E-state index contributed by atoms with van der Waals surface area (Å²) < 4.78 is 16.1. The molecule has 1 heterocycles. The van der Waals surface area contributed by atoms with Gasteiger partial charge in [0, 0.05) is 12.8 Å². The summed E-state index contributed by atoms with van der Waals surface area (Å²) in [6, 6.07) is 0. The SMILES string of the molecule is C=CCOC1CCC(OCC=C)O1. The number of hydrogen-bond acceptors (Lipinski definition) is 3. The van der Waals surface area contributed by atoms with Crippen molar-refractivity contribution < 1.29 is 14.2 Å². The summed E-state index contributed by atoms with van der Waals surface area (Å²) in [4.78, 5) is 0. The molecule has 74 valence electrons. The van der Waals surface area contributed by atoms with Gasteiger partial charge in [-0.1, -0.05) is 12.2 Å². The van der Waals surface area contributed by atoms with Crippen molar-refractivity contribution in [1.82, 2.24) is 0 Å². The zero-order valence-electron chi connectivity index (χ0n) is 7.78. The van der Waals surface area contributed by atoms with Crippen molar-refractivity contribution in [1.29, 1.82) is 0 Å². The summed E-state index contributed by atoms with van der Waals surface area (Å²) in [6.45, 7) is 8.18. The molecule has 0 radical (unpaired) electrons. The smallest absolute Gasteiger partial charge is 0.161 e. The van der Waals surface area contributed by atoms with Crippen LogP contribution in [0.4, 0.5) is 0 Å². The highest BCUT2D eigenvalue weighted by atomic mass is 16.8. The van der Waals surface area contributed by atoms with Crippen LogP contribution in [0.1, 0.15) is 12.8 Å². The Kier molecular flexibility index (Phi) is 4.75. The summed E-state index contributed by atoms with van der Waals surface area (Å²) in [7, 11) is 0. The number of ether oxygens (including phenoxy) is 3. The zero-order chi connectivity index (χ0) is 9.52. The fourth-order valence-corrected chi connectivity index (χ4v) is 1.17. The van der Waals surface area contributed by atoms with E-state index in [0.29, 0.717) is 13.2 Å². The molecule has 1 aliphatic heterocycles. The molecule has 1 rings (SSSR count). The molecular formula is C10H16O3. The average Bonchev–Trinajstić information content (AvgIpc) is 2.59. The molecule has 2 atom stereocenters. The Morgan fingerprint density at radius 2 is 1.54 bits per heavy atom. The summed E-state index contributed by atoms with van der Waals surface area (Å²) >= 11 is 0. The van der Waals surface area contributed by atoms with Crippen molar-refractivity contribution in [2.75, 3.05) is 13.2 Å². The van der Waals surface area contributed by atoms with E-state index in [0.717, 1.165) is 12.8 Å². The first-order valence-electron chi connectivity index (χ1n) is 4.47. The third-order valence-corrected chi connectivity index (χ3v) is 1.74. The predicted molar refractivity (Wildman–Crippen MR) is 50.2 cm³/mol. The van der Waals surface area contributed by atoms with E-state index in [1.165, 1.54) is 0 Å². The van der Waals surface area contributed by atoms with Gasteiger partial charge < -0.3 is 14.2 Å². The largest absolute Gasteiger partial charge is 0.349 e. The lowest BCUT2D eigenvalue weighted by atomic mass is 10.3. The zero-order valence-corrected chi connectivity index (χ0v) is 7.78. The van der Waals surface area contributed by atoms with E-state index < -0.39 is 0 Å². The summed E-state index contributed by atoms with van der Waals surface area (Å²) in [6.07, 6.45) is 4.93. The summed E-state index contributed by atoms with van der Waals surface area (Å²) in [5.74, 6) is 0. The molecule has 0 aliphatic carbocycles. The first-order chi connectivity index (χ1) is 6.36. The van der Waals surface area contributed by atoms with Crippen LogP contribution in [0.15, 0.2) is 25.3 Å². The van der Waals surface area contributed by atoms with Gasteiger partial charge in [-0.2, -0.15) is 0 Å². The fraction of sp³-hybridized carbons (Fsp3) is 0.600. The van der Waals surface area contributed by atoms with Crippen LogP contribution >= 0.6 is 0 Å². The summed E-state index contributed by atoms with van der Waals surface area (Å²) in [5.41, 5.74) is 0. The number of rotatable bonds is 6. The minimum Gasteiger partial charge on any atom is -0.349 e. The third-order valence-electron chi connectivity index (χ3n) is 1.74.